The maximum absolute atomic E-state index is 12.2. The molecular formula is C12H13F3N4O2. The van der Waals surface area contributed by atoms with Gasteiger partial charge in [0.15, 0.2) is 5.82 Å². The van der Waals surface area contributed by atoms with Crippen molar-refractivity contribution in [3.63, 3.8) is 0 Å². The Labute approximate surface area is 118 Å². The summed E-state index contributed by atoms with van der Waals surface area (Å²) >= 11 is 0. The van der Waals surface area contributed by atoms with E-state index in [4.69, 9.17) is 10.3 Å². The Morgan fingerprint density at radius 3 is 2.76 bits per heavy atom. The number of halogens is 3. The van der Waals surface area contributed by atoms with E-state index in [0.29, 0.717) is 17.4 Å². The Hall–Kier alpha value is -2.29. The number of nitrogens with zero attached hydrogens (tertiary/aromatic N) is 3. The highest BCUT2D eigenvalue weighted by atomic mass is 19.4. The minimum absolute atomic E-state index is 0.131. The fourth-order valence-electron chi connectivity index (χ4n) is 1.66. The molecule has 0 aliphatic carbocycles. The molecule has 2 N–H and O–H groups in total. The number of hydrogen-bond donors (Lipinski definition) is 1. The highest BCUT2D eigenvalue weighted by molar-refractivity contribution is 5.50. The first-order valence-corrected chi connectivity index (χ1v) is 5.96. The quantitative estimate of drug-likeness (QED) is 0.911. The summed E-state index contributed by atoms with van der Waals surface area (Å²) in [5, 5.41) is 3.72. The van der Waals surface area contributed by atoms with Gasteiger partial charge >= 0.3 is 6.36 Å². The van der Waals surface area contributed by atoms with E-state index in [9.17, 15) is 13.2 Å². The Bertz CT molecular complexity index is 600. The van der Waals surface area contributed by atoms with Crippen LogP contribution in [0.2, 0.25) is 0 Å². The van der Waals surface area contributed by atoms with Crippen LogP contribution in [0.1, 0.15) is 11.7 Å². The summed E-state index contributed by atoms with van der Waals surface area (Å²) in [6.07, 6.45) is -4.72. The first kappa shape index (κ1) is 15.1. The molecule has 6 nitrogen and oxygen atoms in total. The minimum Gasteiger partial charge on any atom is -0.406 e. The van der Waals surface area contributed by atoms with E-state index in [1.165, 1.54) is 18.2 Å². The second-order valence-electron chi connectivity index (χ2n) is 4.21. The zero-order valence-corrected chi connectivity index (χ0v) is 11.1. The monoisotopic (exact) mass is 302 g/mol. The maximum Gasteiger partial charge on any atom is 0.573 e. The van der Waals surface area contributed by atoms with Gasteiger partial charge in [0, 0.05) is 18.8 Å². The summed E-state index contributed by atoms with van der Waals surface area (Å²) in [6, 6.07) is 5.62. The van der Waals surface area contributed by atoms with Gasteiger partial charge in [-0.05, 0) is 12.1 Å². The van der Waals surface area contributed by atoms with Crippen LogP contribution in [0.5, 0.6) is 5.75 Å². The fraction of sp³-hybridized carbons (Fsp3) is 0.333. The van der Waals surface area contributed by atoms with Gasteiger partial charge in [-0.3, -0.25) is 0 Å². The maximum atomic E-state index is 12.2. The summed E-state index contributed by atoms with van der Waals surface area (Å²) in [6.45, 7) is 0.393. The Kier molecular flexibility index (Phi) is 4.32. The number of alkyl halides is 3. The lowest BCUT2D eigenvalue weighted by atomic mass is 10.3. The van der Waals surface area contributed by atoms with Crippen LogP contribution >= 0.6 is 0 Å². The molecule has 0 aliphatic heterocycles. The summed E-state index contributed by atoms with van der Waals surface area (Å²) in [4.78, 5) is 5.68. The van der Waals surface area contributed by atoms with Crippen LogP contribution in [0.15, 0.2) is 28.8 Å². The van der Waals surface area contributed by atoms with Crippen molar-refractivity contribution in [1.82, 2.24) is 10.1 Å². The van der Waals surface area contributed by atoms with Crippen LogP contribution < -0.4 is 15.4 Å². The summed E-state index contributed by atoms with van der Waals surface area (Å²) in [5.41, 5.74) is 5.87. The van der Waals surface area contributed by atoms with Gasteiger partial charge in [-0.25, -0.2) is 0 Å². The smallest absolute Gasteiger partial charge is 0.406 e. The molecule has 0 spiro atoms. The van der Waals surface area contributed by atoms with E-state index in [-0.39, 0.29) is 18.8 Å². The van der Waals surface area contributed by atoms with Crippen molar-refractivity contribution in [1.29, 1.82) is 0 Å². The fourth-order valence-corrected chi connectivity index (χ4v) is 1.66. The van der Waals surface area contributed by atoms with E-state index < -0.39 is 6.36 Å². The van der Waals surface area contributed by atoms with Gasteiger partial charge < -0.3 is 19.9 Å². The zero-order valence-electron chi connectivity index (χ0n) is 11.1. The number of rotatable bonds is 5. The molecule has 2 rings (SSSR count). The summed E-state index contributed by atoms with van der Waals surface area (Å²) < 4.78 is 45.3. The molecule has 0 aliphatic rings. The molecule has 1 aromatic heterocycles. The lowest BCUT2D eigenvalue weighted by Crippen LogP contribution is -2.19. The molecule has 0 saturated heterocycles. The Morgan fingerprint density at radius 1 is 1.38 bits per heavy atom. The molecule has 1 heterocycles. The minimum atomic E-state index is -4.72. The van der Waals surface area contributed by atoms with Crippen LogP contribution in [-0.2, 0) is 13.1 Å². The van der Waals surface area contributed by atoms with Crippen molar-refractivity contribution in [2.24, 2.45) is 5.73 Å². The highest BCUT2D eigenvalue weighted by Gasteiger charge is 2.31. The third-order valence-electron chi connectivity index (χ3n) is 2.56. The lowest BCUT2D eigenvalue weighted by Gasteiger charge is -2.18. The topological polar surface area (TPSA) is 77.4 Å². The molecule has 9 heteroatoms. The molecule has 0 amide bonds. The third-order valence-corrected chi connectivity index (χ3v) is 2.56. The zero-order chi connectivity index (χ0) is 15.5. The van der Waals surface area contributed by atoms with E-state index in [1.54, 1.807) is 18.0 Å². The molecule has 0 bridgehead atoms. The highest BCUT2D eigenvalue weighted by Crippen LogP contribution is 2.26. The van der Waals surface area contributed by atoms with Crippen LogP contribution in [-0.4, -0.2) is 23.6 Å². The van der Waals surface area contributed by atoms with Gasteiger partial charge in [-0.15, -0.1) is 13.2 Å². The standard InChI is InChI=1S/C12H13F3N4O2/c1-19(7-10-17-11(6-16)21-18-10)8-3-2-4-9(5-8)20-12(13,14)15/h2-5H,6-7,16H2,1H3. The molecule has 0 atom stereocenters. The van der Waals surface area contributed by atoms with Crippen LogP contribution in [0.3, 0.4) is 0 Å². The number of anilines is 1. The normalized spacial score (nSPS) is 11.5. The van der Waals surface area contributed by atoms with Crippen molar-refractivity contribution in [2.75, 3.05) is 11.9 Å². The van der Waals surface area contributed by atoms with Crippen molar-refractivity contribution < 1.29 is 22.4 Å². The number of benzene rings is 1. The van der Waals surface area contributed by atoms with Crippen molar-refractivity contribution in [2.45, 2.75) is 19.5 Å². The molecule has 2 aromatic rings. The Balaban J connectivity index is 2.08. The van der Waals surface area contributed by atoms with E-state index >= 15 is 0 Å². The average molecular weight is 302 g/mol. The molecule has 0 radical (unpaired) electrons. The van der Waals surface area contributed by atoms with E-state index in [0.717, 1.165) is 0 Å². The van der Waals surface area contributed by atoms with Crippen molar-refractivity contribution >= 4 is 5.69 Å². The number of ether oxygens (including phenoxy) is 1. The first-order chi connectivity index (χ1) is 9.87. The SMILES string of the molecule is CN(Cc1noc(CN)n1)c1cccc(OC(F)(F)F)c1. The van der Waals surface area contributed by atoms with E-state index in [1.807, 2.05) is 0 Å². The van der Waals surface area contributed by atoms with Crippen LogP contribution in [0, 0.1) is 0 Å². The average Bonchev–Trinajstić information content (AvgIpc) is 2.84. The number of aromatic nitrogens is 2. The summed E-state index contributed by atoms with van der Waals surface area (Å²) in [7, 11) is 1.69. The number of hydrogen-bond acceptors (Lipinski definition) is 6. The molecular weight excluding hydrogens is 289 g/mol. The van der Waals surface area contributed by atoms with Crippen molar-refractivity contribution in [3.05, 3.63) is 36.0 Å². The second-order valence-corrected chi connectivity index (χ2v) is 4.21. The Morgan fingerprint density at radius 2 is 2.14 bits per heavy atom. The van der Waals surface area contributed by atoms with Gasteiger partial charge in [0.05, 0.1) is 13.1 Å². The largest absolute Gasteiger partial charge is 0.573 e. The van der Waals surface area contributed by atoms with E-state index in [2.05, 4.69) is 14.9 Å². The van der Waals surface area contributed by atoms with Gasteiger partial charge in [-0.1, -0.05) is 11.2 Å². The number of nitrogens with two attached hydrogens (primary N) is 1. The second kappa shape index (κ2) is 6.00. The molecule has 0 fully saturated rings. The predicted molar refractivity (Wildman–Crippen MR) is 67.4 cm³/mol. The lowest BCUT2D eigenvalue weighted by molar-refractivity contribution is -0.274. The third kappa shape index (κ3) is 4.35. The van der Waals surface area contributed by atoms with Gasteiger partial charge in [0.1, 0.15) is 5.75 Å². The summed E-state index contributed by atoms with van der Waals surface area (Å²) in [5.74, 6) is 0.398. The molecule has 0 unspecified atom stereocenters. The first-order valence-electron chi connectivity index (χ1n) is 5.96. The van der Waals surface area contributed by atoms with Crippen molar-refractivity contribution in [3.8, 4) is 5.75 Å². The predicted octanol–water partition coefficient (Wildman–Crippen LogP) is 2.06. The van der Waals surface area contributed by atoms with Gasteiger partial charge in [0.2, 0.25) is 5.89 Å². The van der Waals surface area contributed by atoms with Gasteiger partial charge in [0.25, 0.3) is 0 Å². The molecule has 21 heavy (non-hydrogen) atoms. The molecule has 0 saturated carbocycles. The van der Waals surface area contributed by atoms with Crippen LogP contribution in [0.4, 0.5) is 18.9 Å². The van der Waals surface area contributed by atoms with Crippen LogP contribution in [0.25, 0.3) is 0 Å². The van der Waals surface area contributed by atoms with Gasteiger partial charge in [-0.2, -0.15) is 4.98 Å². The molecule has 1 aromatic carbocycles. The molecule has 114 valence electrons.